The predicted molar refractivity (Wildman–Crippen MR) is 187 cm³/mol. The third-order valence-corrected chi connectivity index (χ3v) is 8.58. The van der Waals surface area contributed by atoms with E-state index in [1.165, 1.54) is 38.9 Å². The Bertz CT molecular complexity index is 2080. The number of hydrogen-bond acceptors (Lipinski definition) is 2. The van der Waals surface area contributed by atoms with Gasteiger partial charge in [0.15, 0.2) is 0 Å². The summed E-state index contributed by atoms with van der Waals surface area (Å²) in [6.45, 7) is 0.603. The summed E-state index contributed by atoms with van der Waals surface area (Å²) in [7, 11) is 0. The van der Waals surface area contributed by atoms with Gasteiger partial charge in [-0.05, 0) is 87.0 Å². The lowest BCUT2D eigenvalue weighted by molar-refractivity contribution is 0.302. The quantitative estimate of drug-likeness (QED) is 0.195. The van der Waals surface area contributed by atoms with Gasteiger partial charge in [0.25, 0.3) is 0 Å². The third kappa shape index (κ3) is 5.17. The van der Waals surface area contributed by atoms with Gasteiger partial charge in [-0.15, -0.1) is 0 Å². The van der Waals surface area contributed by atoms with Gasteiger partial charge in [0.05, 0.1) is 0 Å². The van der Waals surface area contributed by atoms with E-state index < -0.39 is 0 Å². The second-order valence-electron chi connectivity index (χ2n) is 11.3. The Balaban J connectivity index is 1.21. The minimum atomic E-state index is 0.603. The fourth-order valence-corrected chi connectivity index (χ4v) is 6.34. The summed E-state index contributed by atoms with van der Waals surface area (Å²) in [5, 5.41) is 0. The third-order valence-electron chi connectivity index (χ3n) is 8.58. The first kappa shape index (κ1) is 26.7. The van der Waals surface area contributed by atoms with Crippen molar-refractivity contribution in [1.29, 1.82) is 0 Å². The van der Waals surface area contributed by atoms with Crippen LogP contribution in [-0.4, -0.2) is 0 Å². The average molecular weight is 578 g/mol. The Morgan fingerprint density at radius 2 is 0.911 bits per heavy atom. The molecule has 7 aromatic carbocycles. The van der Waals surface area contributed by atoms with Gasteiger partial charge in [0.1, 0.15) is 12.4 Å². The maximum Gasteiger partial charge on any atom is 0.128 e. The van der Waals surface area contributed by atoms with Gasteiger partial charge in [-0.3, -0.25) is 0 Å². The van der Waals surface area contributed by atoms with Gasteiger partial charge >= 0.3 is 0 Å². The highest BCUT2D eigenvalue weighted by Gasteiger charge is 2.21. The zero-order chi connectivity index (χ0) is 30.0. The maximum atomic E-state index is 6.17. The summed E-state index contributed by atoms with van der Waals surface area (Å²) in [5.41, 5.74) is 14.1. The van der Waals surface area contributed by atoms with E-state index in [0.717, 1.165) is 33.9 Å². The number of rotatable bonds is 6. The van der Waals surface area contributed by atoms with Crippen molar-refractivity contribution in [2.75, 3.05) is 4.90 Å². The lowest BCUT2D eigenvalue weighted by Crippen LogP contribution is -2.10. The van der Waals surface area contributed by atoms with Crippen LogP contribution >= 0.6 is 0 Å². The molecule has 2 heteroatoms. The van der Waals surface area contributed by atoms with Gasteiger partial charge in [-0.1, -0.05) is 133 Å². The van der Waals surface area contributed by atoms with Crippen LogP contribution in [0.3, 0.4) is 0 Å². The fraction of sp³-hybridized carbons (Fsp3) is 0.0233. The average Bonchev–Trinajstić information content (AvgIpc) is 3.13. The molecule has 0 unspecified atom stereocenters. The van der Waals surface area contributed by atoms with Crippen LogP contribution in [0.25, 0.3) is 44.5 Å². The van der Waals surface area contributed by atoms with Crippen LogP contribution in [-0.2, 0) is 6.61 Å². The summed E-state index contributed by atoms with van der Waals surface area (Å²) in [4.78, 5) is 2.34. The van der Waals surface area contributed by atoms with E-state index in [1.807, 2.05) is 0 Å². The lowest BCUT2D eigenvalue weighted by atomic mass is 9.89. The Hall–Kier alpha value is -5.86. The molecule has 0 saturated carbocycles. The molecular formula is C43H31NO. The van der Waals surface area contributed by atoms with E-state index in [2.05, 4.69) is 181 Å². The molecule has 0 saturated heterocycles. The molecule has 0 bridgehead atoms. The summed E-state index contributed by atoms with van der Waals surface area (Å²) >= 11 is 0. The van der Waals surface area contributed by atoms with Gasteiger partial charge < -0.3 is 9.64 Å². The van der Waals surface area contributed by atoms with Crippen LogP contribution < -0.4 is 9.64 Å². The van der Waals surface area contributed by atoms with Crippen LogP contribution in [0.1, 0.15) is 5.56 Å². The molecule has 1 aliphatic heterocycles. The number of nitrogens with zero attached hydrogens (tertiary/aromatic N) is 1. The zero-order valence-electron chi connectivity index (χ0n) is 24.8. The Morgan fingerprint density at radius 1 is 0.378 bits per heavy atom. The number of benzene rings is 7. The van der Waals surface area contributed by atoms with E-state index in [-0.39, 0.29) is 0 Å². The van der Waals surface area contributed by atoms with Crippen molar-refractivity contribution < 1.29 is 4.74 Å². The van der Waals surface area contributed by atoms with Crippen molar-refractivity contribution in [3.05, 3.63) is 181 Å². The van der Waals surface area contributed by atoms with Gasteiger partial charge in [0.2, 0.25) is 0 Å². The monoisotopic (exact) mass is 577 g/mol. The molecule has 8 rings (SSSR count). The van der Waals surface area contributed by atoms with Crippen molar-refractivity contribution >= 4 is 17.1 Å². The molecule has 0 aliphatic carbocycles. The highest BCUT2D eigenvalue weighted by atomic mass is 16.5. The van der Waals surface area contributed by atoms with Gasteiger partial charge in [0, 0.05) is 22.6 Å². The predicted octanol–water partition coefficient (Wildman–Crippen LogP) is 11.7. The molecule has 0 N–H and O–H groups in total. The maximum absolute atomic E-state index is 6.17. The first-order valence-electron chi connectivity index (χ1n) is 15.4. The molecule has 45 heavy (non-hydrogen) atoms. The topological polar surface area (TPSA) is 12.5 Å². The number of ether oxygens (including phenoxy) is 1. The first-order valence-corrected chi connectivity index (χ1v) is 15.4. The SMILES string of the molecule is c1ccc(-c2ccc(N(c3ccc(-c4cccc5c4-c4ccccc4CO5)cc3)c3cccc(-c4ccccc4)c3)cc2)cc1. The number of hydrogen-bond donors (Lipinski definition) is 0. The summed E-state index contributed by atoms with van der Waals surface area (Å²) in [5.74, 6) is 0.938. The van der Waals surface area contributed by atoms with E-state index in [0.29, 0.717) is 6.61 Å². The minimum Gasteiger partial charge on any atom is -0.488 e. The van der Waals surface area contributed by atoms with Crippen molar-refractivity contribution in [3.63, 3.8) is 0 Å². The van der Waals surface area contributed by atoms with Crippen LogP contribution in [0, 0.1) is 0 Å². The molecule has 1 aliphatic rings. The molecule has 2 nitrogen and oxygen atoms in total. The van der Waals surface area contributed by atoms with Crippen molar-refractivity contribution in [3.8, 4) is 50.3 Å². The van der Waals surface area contributed by atoms with Crippen LogP contribution in [0.15, 0.2) is 176 Å². The summed E-state index contributed by atoms with van der Waals surface area (Å²) in [6, 6.07) is 62.6. The molecule has 0 amide bonds. The lowest BCUT2D eigenvalue weighted by Gasteiger charge is -2.27. The number of fused-ring (bicyclic) bond motifs is 3. The molecule has 214 valence electrons. The van der Waals surface area contributed by atoms with Crippen LogP contribution in [0.4, 0.5) is 17.1 Å². The van der Waals surface area contributed by atoms with E-state index in [9.17, 15) is 0 Å². The standard InChI is InChI=1S/C43H31NO/c1-3-11-31(12-4-1)33-21-25-37(26-22-33)44(39-17-9-16-35(29-39)32-13-5-2-6-14-32)38-27-23-34(24-28-38)40-19-10-20-42-43(40)41-18-8-7-15-36(41)30-45-42/h1-29H,30H2. The molecule has 0 radical (unpaired) electrons. The molecular weight excluding hydrogens is 546 g/mol. The Kier molecular flexibility index (Phi) is 6.94. The van der Waals surface area contributed by atoms with Crippen LogP contribution in [0.2, 0.25) is 0 Å². The van der Waals surface area contributed by atoms with Crippen LogP contribution in [0.5, 0.6) is 5.75 Å². The Morgan fingerprint density at radius 3 is 1.62 bits per heavy atom. The van der Waals surface area contributed by atoms with E-state index in [4.69, 9.17) is 4.74 Å². The minimum absolute atomic E-state index is 0.603. The molecule has 0 fully saturated rings. The smallest absolute Gasteiger partial charge is 0.128 e. The van der Waals surface area contributed by atoms with Gasteiger partial charge in [-0.25, -0.2) is 0 Å². The van der Waals surface area contributed by atoms with E-state index in [1.54, 1.807) is 0 Å². The summed E-state index contributed by atoms with van der Waals surface area (Å²) < 4.78 is 6.17. The molecule has 1 heterocycles. The number of anilines is 3. The van der Waals surface area contributed by atoms with Crippen molar-refractivity contribution in [1.82, 2.24) is 0 Å². The largest absolute Gasteiger partial charge is 0.488 e. The Labute approximate surface area is 264 Å². The molecule has 0 aromatic heterocycles. The highest BCUT2D eigenvalue weighted by molar-refractivity contribution is 5.90. The van der Waals surface area contributed by atoms with E-state index >= 15 is 0 Å². The molecule has 0 atom stereocenters. The van der Waals surface area contributed by atoms with Gasteiger partial charge in [-0.2, -0.15) is 0 Å². The van der Waals surface area contributed by atoms with Crippen molar-refractivity contribution in [2.45, 2.75) is 6.61 Å². The second kappa shape index (κ2) is 11.7. The normalized spacial score (nSPS) is 11.6. The second-order valence-corrected chi connectivity index (χ2v) is 11.3. The first-order chi connectivity index (χ1) is 22.3. The molecule has 0 spiro atoms. The molecule has 7 aromatic rings. The summed E-state index contributed by atoms with van der Waals surface area (Å²) in [6.07, 6.45) is 0. The fourth-order valence-electron chi connectivity index (χ4n) is 6.34. The zero-order valence-corrected chi connectivity index (χ0v) is 24.8. The van der Waals surface area contributed by atoms with Crippen molar-refractivity contribution in [2.24, 2.45) is 0 Å². The highest BCUT2D eigenvalue weighted by Crippen LogP contribution is 2.45.